The van der Waals surface area contributed by atoms with E-state index in [-0.39, 0.29) is 0 Å². The summed E-state index contributed by atoms with van der Waals surface area (Å²) < 4.78 is 11.0. The quantitative estimate of drug-likeness (QED) is 0.576. The van der Waals surface area contributed by atoms with Gasteiger partial charge in [-0.05, 0) is 31.2 Å². The maximum absolute atomic E-state index is 6.20. The molecule has 2 heterocycles. The molecule has 0 spiro atoms. The molecule has 0 unspecified atom stereocenters. The number of hydrogen-bond acceptors (Lipinski definition) is 6. The van der Waals surface area contributed by atoms with E-state index in [4.69, 9.17) is 20.2 Å². The molecule has 28 heavy (non-hydrogen) atoms. The third kappa shape index (κ3) is 3.09. The van der Waals surface area contributed by atoms with Crippen molar-refractivity contribution in [3.8, 4) is 33.9 Å². The summed E-state index contributed by atoms with van der Waals surface area (Å²) in [6.45, 7) is 2.05. The number of fused-ring (bicyclic) bond motifs is 1. The molecule has 0 saturated carbocycles. The maximum atomic E-state index is 6.20. The first-order valence-corrected chi connectivity index (χ1v) is 8.81. The first-order valence-electron chi connectivity index (χ1n) is 8.81. The summed E-state index contributed by atoms with van der Waals surface area (Å²) >= 11 is 0. The van der Waals surface area contributed by atoms with Gasteiger partial charge in [0, 0.05) is 16.7 Å². The van der Waals surface area contributed by atoms with Crippen molar-refractivity contribution in [1.82, 2.24) is 15.0 Å². The largest absolute Gasteiger partial charge is 0.497 e. The second kappa shape index (κ2) is 7.15. The van der Waals surface area contributed by atoms with Gasteiger partial charge in [-0.1, -0.05) is 29.8 Å². The van der Waals surface area contributed by atoms with Gasteiger partial charge in [0.1, 0.15) is 23.6 Å². The number of rotatable bonds is 4. The fourth-order valence-corrected chi connectivity index (χ4v) is 3.20. The summed E-state index contributed by atoms with van der Waals surface area (Å²) in [5.74, 6) is 1.78. The number of pyridine rings is 1. The summed E-state index contributed by atoms with van der Waals surface area (Å²) in [7, 11) is 3.26. The second-order valence-electron chi connectivity index (χ2n) is 6.44. The van der Waals surface area contributed by atoms with E-state index in [0.717, 1.165) is 22.4 Å². The molecule has 0 atom stereocenters. The number of benzene rings is 2. The second-order valence-corrected chi connectivity index (χ2v) is 6.44. The molecule has 2 aromatic carbocycles. The Balaban J connectivity index is 2.05. The van der Waals surface area contributed by atoms with Crippen LogP contribution in [0, 0.1) is 6.92 Å². The van der Waals surface area contributed by atoms with Crippen LogP contribution in [0.4, 0.5) is 5.82 Å². The number of hydrogen-bond donors (Lipinski definition) is 1. The molecule has 4 rings (SSSR count). The Labute approximate surface area is 163 Å². The number of anilines is 1. The monoisotopic (exact) mass is 372 g/mol. The van der Waals surface area contributed by atoms with Crippen molar-refractivity contribution in [1.29, 1.82) is 0 Å². The van der Waals surface area contributed by atoms with Gasteiger partial charge in [0.25, 0.3) is 0 Å². The molecule has 0 radical (unpaired) electrons. The van der Waals surface area contributed by atoms with Gasteiger partial charge in [0.05, 0.1) is 25.3 Å². The summed E-state index contributed by atoms with van der Waals surface area (Å²) in [5.41, 5.74) is 11.4. The molecule has 0 aliphatic rings. The number of nitrogens with zero attached hydrogens (tertiary/aromatic N) is 3. The lowest BCUT2D eigenvalue weighted by Gasteiger charge is -2.15. The summed E-state index contributed by atoms with van der Waals surface area (Å²) in [5, 5.41) is 0.685. The Hall–Kier alpha value is -3.67. The van der Waals surface area contributed by atoms with Crippen LogP contribution in [0.3, 0.4) is 0 Å². The average Bonchev–Trinajstić information content (AvgIpc) is 2.73. The van der Waals surface area contributed by atoms with Crippen molar-refractivity contribution >= 4 is 16.9 Å². The number of methoxy groups -OCH3 is 2. The van der Waals surface area contributed by atoms with Crippen LogP contribution >= 0.6 is 0 Å². The smallest absolute Gasteiger partial charge is 0.165 e. The lowest BCUT2D eigenvalue weighted by molar-refractivity contribution is 0.404. The van der Waals surface area contributed by atoms with Crippen LogP contribution in [-0.4, -0.2) is 29.2 Å². The predicted octanol–water partition coefficient (Wildman–Crippen LogP) is 4.27. The van der Waals surface area contributed by atoms with Crippen LogP contribution in [0.2, 0.25) is 0 Å². The van der Waals surface area contributed by atoms with E-state index in [0.29, 0.717) is 28.4 Å². The standard InChI is InChI=1S/C22H20N4O2/c1-13-4-6-14(7-5-13)18-11-17(20-21(23)24-12-25-22(20)26-18)16-10-15(27-2)8-9-19(16)28-3/h4-12H,1-3H3,(H2,23,24,25,26). The number of nitrogen functional groups attached to an aromatic ring is 1. The van der Waals surface area contributed by atoms with Crippen LogP contribution in [0.25, 0.3) is 33.4 Å². The van der Waals surface area contributed by atoms with Crippen LogP contribution in [0.1, 0.15) is 5.56 Å². The third-order valence-corrected chi connectivity index (χ3v) is 4.68. The van der Waals surface area contributed by atoms with Crippen molar-refractivity contribution in [2.75, 3.05) is 20.0 Å². The highest BCUT2D eigenvalue weighted by atomic mass is 16.5. The zero-order chi connectivity index (χ0) is 19.7. The zero-order valence-corrected chi connectivity index (χ0v) is 15.9. The summed E-state index contributed by atoms with van der Waals surface area (Å²) in [4.78, 5) is 13.2. The van der Waals surface area contributed by atoms with Crippen molar-refractivity contribution in [3.05, 3.63) is 60.4 Å². The number of nitrogens with two attached hydrogens (primary N) is 1. The van der Waals surface area contributed by atoms with Crippen molar-refractivity contribution < 1.29 is 9.47 Å². The van der Waals surface area contributed by atoms with E-state index in [1.54, 1.807) is 14.2 Å². The molecule has 2 N–H and O–H groups in total. The van der Waals surface area contributed by atoms with E-state index in [2.05, 4.69) is 29.0 Å². The molecule has 0 amide bonds. The van der Waals surface area contributed by atoms with Gasteiger partial charge < -0.3 is 15.2 Å². The van der Waals surface area contributed by atoms with E-state index < -0.39 is 0 Å². The van der Waals surface area contributed by atoms with Crippen molar-refractivity contribution in [2.24, 2.45) is 0 Å². The van der Waals surface area contributed by atoms with Gasteiger partial charge in [0.2, 0.25) is 0 Å². The van der Waals surface area contributed by atoms with Gasteiger partial charge in [-0.15, -0.1) is 0 Å². The van der Waals surface area contributed by atoms with Crippen molar-refractivity contribution in [2.45, 2.75) is 6.92 Å². The Morgan fingerprint density at radius 1 is 0.857 bits per heavy atom. The summed E-state index contributed by atoms with van der Waals surface area (Å²) in [6, 6.07) is 15.8. The molecule has 140 valence electrons. The van der Waals surface area contributed by atoms with Crippen LogP contribution < -0.4 is 15.2 Å². The molecule has 4 aromatic rings. The van der Waals surface area contributed by atoms with Crippen LogP contribution in [0.15, 0.2) is 54.9 Å². The molecule has 0 aliphatic carbocycles. The fourth-order valence-electron chi connectivity index (χ4n) is 3.20. The molecule has 6 heteroatoms. The minimum atomic E-state index is 0.368. The predicted molar refractivity (Wildman–Crippen MR) is 110 cm³/mol. The van der Waals surface area contributed by atoms with E-state index in [9.17, 15) is 0 Å². The zero-order valence-electron chi connectivity index (χ0n) is 15.9. The molecule has 0 saturated heterocycles. The minimum absolute atomic E-state index is 0.368. The van der Waals surface area contributed by atoms with Crippen molar-refractivity contribution in [3.63, 3.8) is 0 Å². The van der Waals surface area contributed by atoms with Gasteiger partial charge in [-0.3, -0.25) is 0 Å². The number of aromatic nitrogens is 3. The van der Waals surface area contributed by atoms with Gasteiger partial charge >= 0.3 is 0 Å². The molecular formula is C22H20N4O2. The highest BCUT2D eigenvalue weighted by Crippen LogP contribution is 2.39. The highest BCUT2D eigenvalue weighted by molar-refractivity contribution is 6.02. The lowest BCUT2D eigenvalue weighted by atomic mass is 9.98. The van der Waals surface area contributed by atoms with Crippen LogP contribution in [0.5, 0.6) is 11.5 Å². The fraction of sp³-hybridized carbons (Fsp3) is 0.136. The van der Waals surface area contributed by atoms with Gasteiger partial charge in [-0.25, -0.2) is 15.0 Å². The normalized spacial score (nSPS) is 10.8. The summed E-state index contributed by atoms with van der Waals surface area (Å²) in [6.07, 6.45) is 1.43. The van der Waals surface area contributed by atoms with E-state index >= 15 is 0 Å². The first kappa shape index (κ1) is 17.7. The Morgan fingerprint density at radius 2 is 1.64 bits per heavy atom. The Bertz CT molecular complexity index is 1160. The highest BCUT2D eigenvalue weighted by Gasteiger charge is 2.17. The lowest BCUT2D eigenvalue weighted by Crippen LogP contribution is -2.00. The SMILES string of the molecule is COc1ccc(OC)c(-c2cc(-c3ccc(C)cc3)nc3ncnc(N)c23)c1. The maximum Gasteiger partial charge on any atom is 0.165 e. The molecule has 6 nitrogen and oxygen atoms in total. The van der Waals surface area contributed by atoms with Gasteiger partial charge in [-0.2, -0.15) is 0 Å². The topological polar surface area (TPSA) is 83.2 Å². The third-order valence-electron chi connectivity index (χ3n) is 4.68. The van der Waals surface area contributed by atoms with E-state index in [1.165, 1.54) is 11.9 Å². The molecule has 2 aromatic heterocycles. The Kier molecular flexibility index (Phi) is 4.53. The Morgan fingerprint density at radius 3 is 2.36 bits per heavy atom. The molecule has 0 aliphatic heterocycles. The molecule has 0 fully saturated rings. The molecule has 0 bridgehead atoms. The van der Waals surface area contributed by atoms with Crippen LogP contribution in [-0.2, 0) is 0 Å². The van der Waals surface area contributed by atoms with E-state index in [1.807, 2.05) is 36.4 Å². The number of ether oxygens (including phenoxy) is 2. The molecular weight excluding hydrogens is 352 g/mol. The number of aryl methyl sites for hydroxylation is 1. The first-order chi connectivity index (χ1) is 13.6. The minimum Gasteiger partial charge on any atom is -0.497 e. The average molecular weight is 372 g/mol. The van der Waals surface area contributed by atoms with Gasteiger partial charge in [0.15, 0.2) is 5.65 Å².